The summed E-state index contributed by atoms with van der Waals surface area (Å²) in [6, 6.07) is 7.97. The third kappa shape index (κ3) is 5.11. The monoisotopic (exact) mass is 249 g/mol. The average Bonchev–Trinajstić information content (AvgIpc) is 2.36. The van der Waals surface area contributed by atoms with Crippen LogP contribution in [0.3, 0.4) is 0 Å². The minimum atomic E-state index is -1.08. The third-order valence-electron chi connectivity index (χ3n) is 2.05. The fourth-order valence-corrected chi connectivity index (χ4v) is 1.23. The Kier molecular flexibility index (Phi) is 5.37. The number of carbonyl (C=O) groups excluding carboxylic acids is 3. The summed E-state index contributed by atoms with van der Waals surface area (Å²) in [6.45, 7) is 0.0782. The summed E-state index contributed by atoms with van der Waals surface area (Å²) in [5.41, 5.74) is 5.71. The van der Waals surface area contributed by atoms with E-state index in [1.165, 1.54) is 6.29 Å². The second-order valence-corrected chi connectivity index (χ2v) is 3.55. The summed E-state index contributed by atoms with van der Waals surface area (Å²) >= 11 is 0. The lowest BCUT2D eigenvalue weighted by Crippen LogP contribution is -2.39. The zero-order valence-corrected chi connectivity index (χ0v) is 9.59. The molecule has 0 aliphatic heterocycles. The van der Waals surface area contributed by atoms with E-state index in [9.17, 15) is 14.4 Å². The van der Waals surface area contributed by atoms with Gasteiger partial charge < -0.3 is 15.8 Å². The van der Waals surface area contributed by atoms with Crippen molar-refractivity contribution < 1.29 is 19.1 Å². The van der Waals surface area contributed by atoms with E-state index in [4.69, 9.17) is 10.5 Å². The van der Waals surface area contributed by atoms with Crippen molar-refractivity contribution in [3.05, 3.63) is 35.9 Å². The Morgan fingerprint density at radius 2 is 2.00 bits per heavy atom. The molecule has 0 saturated heterocycles. The van der Waals surface area contributed by atoms with Crippen LogP contribution in [-0.4, -0.2) is 24.3 Å². The Bertz CT molecular complexity index is 419. The molecule has 95 valence electrons. The van der Waals surface area contributed by atoms with Gasteiger partial charge in [-0.2, -0.15) is 0 Å². The summed E-state index contributed by atoms with van der Waals surface area (Å²) in [5, 5.41) is 2.18. The van der Waals surface area contributed by atoms with E-state index in [0.717, 1.165) is 5.56 Å². The number of nitrogens with one attached hydrogen (secondary N) is 1. The summed E-state index contributed by atoms with van der Waals surface area (Å²) in [7, 11) is 0. The normalized spacial score (nSPS) is 11.3. The van der Waals surface area contributed by atoms with E-state index in [2.05, 4.69) is 5.32 Å². The molecular weight excluding hydrogens is 236 g/mol. The molecule has 0 aromatic heterocycles. The largest absolute Gasteiger partial charge is 0.445 e. The number of amides is 2. The Balaban J connectivity index is 2.37. The first-order chi connectivity index (χ1) is 8.61. The zero-order chi connectivity index (χ0) is 13.4. The number of hydrogen-bond donors (Lipinski definition) is 2. The number of carbonyl (C=O) groups is 2. The average molecular weight is 249 g/mol. The van der Waals surface area contributed by atoms with Gasteiger partial charge in [-0.1, -0.05) is 30.3 Å². The van der Waals surface area contributed by atoms with Gasteiger partial charge in [0.1, 0.15) is 12.6 Å². The van der Waals surface area contributed by atoms with Crippen molar-refractivity contribution in [3.8, 4) is 0 Å². The molecule has 1 atom stereocenters. The van der Waals surface area contributed by atoms with E-state index >= 15 is 0 Å². The van der Waals surface area contributed by atoms with Crippen molar-refractivity contribution in [1.82, 2.24) is 5.32 Å². The van der Waals surface area contributed by atoms with E-state index in [-0.39, 0.29) is 13.0 Å². The first-order valence-electron chi connectivity index (χ1n) is 5.25. The fraction of sp³-hybridized carbons (Fsp3) is 0.250. The lowest BCUT2D eigenvalue weighted by molar-refractivity contribution is -0.118. The van der Waals surface area contributed by atoms with Crippen molar-refractivity contribution in [2.75, 3.05) is 0 Å². The van der Waals surface area contributed by atoms with Crippen LogP contribution < -0.4 is 11.1 Å². The minimum Gasteiger partial charge on any atom is -0.445 e. The maximum atomic E-state index is 11.3. The zero-order valence-electron chi connectivity index (χ0n) is 9.59. The predicted octanol–water partition coefficient (Wildman–Crippen LogP) is 0.266. The van der Waals surface area contributed by atoms with Crippen LogP contribution in [0.4, 0.5) is 4.79 Å². The fourth-order valence-electron chi connectivity index (χ4n) is 1.23. The molecule has 0 bridgehead atoms. The van der Waals surface area contributed by atoms with E-state index in [1.54, 1.807) is 12.1 Å². The van der Waals surface area contributed by atoms with Crippen LogP contribution in [-0.2, 0) is 20.9 Å². The number of ether oxygens (including phenoxy) is 1. The molecule has 1 aromatic rings. The van der Waals surface area contributed by atoms with Crippen LogP contribution in [0.2, 0.25) is 0 Å². The number of nitrogens with two attached hydrogens (primary N) is 1. The molecule has 18 heavy (non-hydrogen) atoms. The molecule has 1 radical (unpaired) electrons. The van der Waals surface area contributed by atoms with Crippen LogP contribution in [0.15, 0.2) is 30.3 Å². The van der Waals surface area contributed by atoms with E-state index in [1.807, 2.05) is 18.2 Å². The number of alkyl carbamates (subject to hydrolysis) is 1. The molecule has 3 N–H and O–H groups in total. The molecule has 0 heterocycles. The van der Waals surface area contributed by atoms with Gasteiger partial charge in [-0.3, -0.25) is 9.59 Å². The van der Waals surface area contributed by atoms with Crippen LogP contribution in [0.25, 0.3) is 0 Å². The molecule has 0 spiro atoms. The number of benzene rings is 1. The van der Waals surface area contributed by atoms with Crippen LogP contribution in [0.1, 0.15) is 12.0 Å². The summed E-state index contributed by atoms with van der Waals surface area (Å²) < 4.78 is 4.86. The van der Waals surface area contributed by atoms with Gasteiger partial charge in [-0.25, -0.2) is 4.79 Å². The van der Waals surface area contributed by atoms with Gasteiger partial charge in [0.2, 0.25) is 12.2 Å². The molecule has 0 aliphatic rings. The lowest BCUT2D eigenvalue weighted by Gasteiger charge is -2.10. The SMILES string of the molecule is NC(=O)CC([C]=O)NC(=O)OCc1ccccc1. The van der Waals surface area contributed by atoms with Crippen molar-refractivity contribution in [2.45, 2.75) is 19.1 Å². The molecule has 6 nitrogen and oxygen atoms in total. The Hall–Kier alpha value is -2.37. The topological polar surface area (TPSA) is 98.5 Å². The third-order valence-corrected chi connectivity index (χ3v) is 2.05. The highest BCUT2D eigenvalue weighted by Gasteiger charge is 2.15. The van der Waals surface area contributed by atoms with Crippen LogP contribution in [0.5, 0.6) is 0 Å². The van der Waals surface area contributed by atoms with Gasteiger partial charge in [0.05, 0.1) is 6.42 Å². The van der Waals surface area contributed by atoms with Gasteiger partial charge in [0.15, 0.2) is 0 Å². The van der Waals surface area contributed by atoms with Gasteiger partial charge in [-0.05, 0) is 5.56 Å². The molecule has 0 saturated carbocycles. The Morgan fingerprint density at radius 3 is 2.56 bits per heavy atom. The lowest BCUT2D eigenvalue weighted by atomic mass is 10.2. The van der Waals surface area contributed by atoms with E-state index < -0.39 is 18.0 Å². The number of rotatable bonds is 6. The van der Waals surface area contributed by atoms with Crippen LogP contribution >= 0.6 is 0 Å². The van der Waals surface area contributed by atoms with Gasteiger partial charge in [0.25, 0.3) is 0 Å². The molecule has 1 aromatic carbocycles. The predicted molar refractivity (Wildman–Crippen MR) is 63.1 cm³/mol. The smallest absolute Gasteiger partial charge is 0.408 e. The summed E-state index contributed by atoms with van der Waals surface area (Å²) in [6.07, 6.45) is 0.400. The minimum absolute atomic E-state index is 0.0782. The first-order valence-corrected chi connectivity index (χ1v) is 5.25. The highest BCUT2D eigenvalue weighted by molar-refractivity contribution is 5.81. The highest BCUT2D eigenvalue weighted by atomic mass is 16.5. The standard InChI is InChI=1S/C12H13N2O4/c13-11(16)6-10(7-15)14-12(17)18-8-9-4-2-1-3-5-9/h1-5,10H,6,8H2,(H2,13,16)(H,14,17). The number of primary amides is 1. The molecule has 1 rings (SSSR count). The second-order valence-electron chi connectivity index (χ2n) is 3.55. The maximum Gasteiger partial charge on any atom is 0.408 e. The number of hydrogen-bond acceptors (Lipinski definition) is 4. The van der Waals surface area contributed by atoms with Gasteiger partial charge in [-0.15, -0.1) is 0 Å². The maximum absolute atomic E-state index is 11.3. The highest BCUT2D eigenvalue weighted by Crippen LogP contribution is 2.00. The van der Waals surface area contributed by atoms with Crippen molar-refractivity contribution in [3.63, 3.8) is 0 Å². The van der Waals surface area contributed by atoms with Crippen LogP contribution in [0, 0.1) is 0 Å². The summed E-state index contributed by atoms with van der Waals surface area (Å²) in [4.78, 5) is 32.3. The van der Waals surface area contributed by atoms with Crippen molar-refractivity contribution in [2.24, 2.45) is 5.73 Å². The molecule has 2 amide bonds. The molecule has 6 heteroatoms. The first kappa shape index (κ1) is 13.7. The van der Waals surface area contributed by atoms with Crippen molar-refractivity contribution in [1.29, 1.82) is 0 Å². The van der Waals surface area contributed by atoms with Gasteiger partial charge >= 0.3 is 6.09 Å². The Morgan fingerprint density at radius 1 is 1.33 bits per heavy atom. The molecular formula is C12H13N2O4. The molecule has 1 unspecified atom stereocenters. The van der Waals surface area contributed by atoms with Crippen molar-refractivity contribution >= 4 is 18.3 Å². The summed E-state index contributed by atoms with van der Waals surface area (Å²) in [5.74, 6) is -0.702. The van der Waals surface area contributed by atoms with E-state index in [0.29, 0.717) is 0 Å². The molecule has 0 fully saturated rings. The Labute approximate surface area is 104 Å². The van der Waals surface area contributed by atoms with Gasteiger partial charge in [0, 0.05) is 0 Å². The second kappa shape index (κ2) is 7.05. The quantitative estimate of drug-likeness (QED) is 0.755. The molecule has 0 aliphatic carbocycles.